The Bertz CT molecular complexity index is 951. The number of carbonyl (C=O) groups is 1. The van der Waals surface area contributed by atoms with E-state index in [1.54, 1.807) is 0 Å². The third kappa shape index (κ3) is 3.68. The van der Waals surface area contributed by atoms with Crippen LogP contribution in [0.1, 0.15) is 15.9 Å². The Morgan fingerprint density at radius 3 is 2.27 bits per heavy atom. The van der Waals surface area contributed by atoms with Crippen LogP contribution in [-0.2, 0) is 6.18 Å². The van der Waals surface area contributed by atoms with Crippen molar-refractivity contribution in [3.63, 3.8) is 0 Å². The van der Waals surface area contributed by atoms with Crippen LogP contribution in [0, 0.1) is 11.6 Å². The number of nitrogens with one attached hydrogen (secondary N) is 1. The van der Waals surface area contributed by atoms with E-state index in [1.165, 1.54) is 0 Å². The van der Waals surface area contributed by atoms with E-state index in [4.69, 9.17) is 4.42 Å². The van der Waals surface area contributed by atoms with Gasteiger partial charge >= 0.3 is 12.2 Å². The maximum Gasteiger partial charge on any atom is 0.416 e. The van der Waals surface area contributed by atoms with E-state index in [2.05, 4.69) is 15.5 Å². The molecule has 1 amide bonds. The molecule has 0 fully saturated rings. The summed E-state index contributed by atoms with van der Waals surface area (Å²) >= 11 is 0. The fraction of sp³-hybridized carbons (Fsp3) is 0.0625. The van der Waals surface area contributed by atoms with Crippen molar-refractivity contribution in [1.29, 1.82) is 0 Å². The number of anilines is 1. The van der Waals surface area contributed by atoms with E-state index in [0.29, 0.717) is 6.07 Å². The van der Waals surface area contributed by atoms with Crippen LogP contribution in [0.4, 0.5) is 28.0 Å². The van der Waals surface area contributed by atoms with Gasteiger partial charge in [-0.15, -0.1) is 5.10 Å². The van der Waals surface area contributed by atoms with E-state index < -0.39 is 29.3 Å². The highest BCUT2D eigenvalue weighted by Crippen LogP contribution is 2.31. The van der Waals surface area contributed by atoms with Crippen LogP contribution in [0.5, 0.6) is 0 Å². The molecule has 0 radical (unpaired) electrons. The minimum Gasteiger partial charge on any atom is -0.403 e. The van der Waals surface area contributed by atoms with Gasteiger partial charge in [0.05, 0.1) is 5.56 Å². The van der Waals surface area contributed by atoms with Gasteiger partial charge in [-0.2, -0.15) is 13.2 Å². The zero-order valence-corrected chi connectivity index (χ0v) is 12.6. The summed E-state index contributed by atoms with van der Waals surface area (Å²) in [5, 5.41) is 9.32. The second-order valence-electron chi connectivity index (χ2n) is 5.07. The molecule has 0 bridgehead atoms. The molecule has 1 N–H and O–H groups in total. The van der Waals surface area contributed by atoms with Gasteiger partial charge in [0, 0.05) is 11.1 Å². The average molecular weight is 369 g/mol. The Balaban J connectivity index is 1.75. The van der Waals surface area contributed by atoms with Crippen LogP contribution in [-0.4, -0.2) is 16.1 Å². The molecule has 0 aliphatic heterocycles. The number of hydrogen-bond acceptors (Lipinski definition) is 4. The van der Waals surface area contributed by atoms with Crippen molar-refractivity contribution in [3.05, 3.63) is 65.2 Å². The molecule has 26 heavy (non-hydrogen) atoms. The number of carbonyl (C=O) groups excluding carboxylic acids is 1. The maximum atomic E-state index is 13.1. The predicted octanol–water partition coefficient (Wildman–Crippen LogP) is 4.29. The minimum atomic E-state index is -4.48. The van der Waals surface area contributed by atoms with Gasteiger partial charge < -0.3 is 4.42 Å². The monoisotopic (exact) mass is 369 g/mol. The van der Waals surface area contributed by atoms with Crippen LogP contribution in [0.15, 0.2) is 46.9 Å². The van der Waals surface area contributed by atoms with Crippen molar-refractivity contribution in [3.8, 4) is 11.5 Å². The number of nitrogens with zero attached hydrogens (tertiary/aromatic N) is 2. The van der Waals surface area contributed by atoms with E-state index in [9.17, 15) is 26.7 Å². The Labute approximate surface area is 142 Å². The number of hydrogen-bond donors (Lipinski definition) is 1. The van der Waals surface area contributed by atoms with Gasteiger partial charge in [-0.3, -0.25) is 10.1 Å². The Morgan fingerprint density at radius 2 is 1.65 bits per heavy atom. The molecule has 1 aromatic heterocycles. The SMILES string of the molecule is O=C(Nc1nnc(-c2ccc(C(F)(F)F)cc2)o1)c1ccc(F)c(F)c1. The summed E-state index contributed by atoms with van der Waals surface area (Å²) in [7, 11) is 0. The third-order valence-corrected chi connectivity index (χ3v) is 3.29. The number of benzene rings is 2. The molecular weight excluding hydrogens is 361 g/mol. The molecule has 0 saturated heterocycles. The van der Waals surface area contributed by atoms with Crippen molar-refractivity contribution in [2.75, 3.05) is 5.32 Å². The standard InChI is InChI=1S/C16H8F5N3O2/c17-11-6-3-9(7-12(11)18)13(25)22-15-24-23-14(26-15)8-1-4-10(5-2-8)16(19,20)21/h1-7H,(H,22,24,25). The second-order valence-corrected chi connectivity index (χ2v) is 5.07. The van der Waals surface area contributed by atoms with Gasteiger partial charge in [-0.05, 0) is 42.5 Å². The molecule has 0 aliphatic rings. The van der Waals surface area contributed by atoms with Gasteiger partial charge in [0.2, 0.25) is 5.89 Å². The summed E-state index contributed by atoms with van der Waals surface area (Å²) in [5.41, 5.74) is -0.815. The van der Waals surface area contributed by atoms with Crippen LogP contribution in [0.25, 0.3) is 11.5 Å². The number of rotatable bonds is 3. The molecule has 134 valence electrons. The number of alkyl halides is 3. The molecule has 0 aliphatic carbocycles. The molecule has 0 unspecified atom stereocenters. The topological polar surface area (TPSA) is 68.0 Å². The molecule has 1 heterocycles. The van der Waals surface area contributed by atoms with E-state index >= 15 is 0 Å². The summed E-state index contributed by atoms with van der Waals surface area (Å²) in [6.07, 6.45) is -4.48. The molecule has 0 saturated carbocycles. The summed E-state index contributed by atoms with van der Waals surface area (Å²) in [4.78, 5) is 11.9. The highest BCUT2D eigenvalue weighted by Gasteiger charge is 2.30. The zero-order chi connectivity index (χ0) is 18.9. The van der Waals surface area contributed by atoms with Gasteiger partial charge in [0.25, 0.3) is 5.91 Å². The lowest BCUT2D eigenvalue weighted by molar-refractivity contribution is -0.137. The lowest BCUT2D eigenvalue weighted by atomic mass is 10.1. The molecule has 0 spiro atoms. The lowest BCUT2D eigenvalue weighted by Crippen LogP contribution is -2.12. The molecule has 10 heteroatoms. The fourth-order valence-electron chi connectivity index (χ4n) is 2.00. The predicted molar refractivity (Wildman–Crippen MR) is 79.0 cm³/mol. The largest absolute Gasteiger partial charge is 0.416 e. The fourth-order valence-corrected chi connectivity index (χ4v) is 2.00. The summed E-state index contributed by atoms with van der Waals surface area (Å²) < 4.78 is 68.7. The second kappa shape index (κ2) is 6.54. The van der Waals surface area contributed by atoms with Crippen molar-refractivity contribution in [1.82, 2.24) is 10.2 Å². The summed E-state index contributed by atoms with van der Waals surface area (Å²) in [6.45, 7) is 0. The van der Waals surface area contributed by atoms with Crippen molar-refractivity contribution in [2.45, 2.75) is 6.18 Å². The molecule has 2 aromatic carbocycles. The first-order chi connectivity index (χ1) is 12.2. The number of aromatic nitrogens is 2. The van der Waals surface area contributed by atoms with Gasteiger partial charge in [-0.25, -0.2) is 8.78 Å². The van der Waals surface area contributed by atoms with E-state index in [-0.39, 0.29) is 23.0 Å². The first-order valence-corrected chi connectivity index (χ1v) is 7.01. The average Bonchev–Trinajstić information content (AvgIpc) is 3.05. The van der Waals surface area contributed by atoms with Crippen molar-refractivity contribution >= 4 is 11.9 Å². The maximum absolute atomic E-state index is 13.1. The Kier molecular flexibility index (Phi) is 4.41. The number of amides is 1. The third-order valence-electron chi connectivity index (χ3n) is 3.29. The minimum absolute atomic E-state index is 0.126. The van der Waals surface area contributed by atoms with Crippen LogP contribution in [0.2, 0.25) is 0 Å². The van der Waals surface area contributed by atoms with Gasteiger partial charge in [0.15, 0.2) is 11.6 Å². The van der Waals surface area contributed by atoms with Crippen LogP contribution in [0.3, 0.4) is 0 Å². The summed E-state index contributed by atoms with van der Waals surface area (Å²) in [5.74, 6) is -3.26. The van der Waals surface area contributed by atoms with Gasteiger partial charge in [0.1, 0.15) is 0 Å². The molecule has 5 nitrogen and oxygen atoms in total. The highest BCUT2D eigenvalue weighted by atomic mass is 19.4. The Hall–Kier alpha value is -3.30. The van der Waals surface area contributed by atoms with Crippen molar-refractivity contribution < 1.29 is 31.2 Å². The van der Waals surface area contributed by atoms with Gasteiger partial charge in [-0.1, -0.05) is 5.10 Å². The van der Waals surface area contributed by atoms with E-state index in [0.717, 1.165) is 36.4 Å². The highest BCUT2D eigenvalue weighted by molar-refractivity contribution is 6.03. The summed E-state index contributed by atoms with van der Waals surface area (Å²) in [6, 6.07) is 6.14. The normalized spacial score (nSPS) is 11.4. The lowest BCUT2D eigenvalue weighted by Gasteiger charge is -2.05. The first kappa shape index (κ1) is 17.5. The van der Waals surface area contributed by atoms with Crippen LogP contribution < -0.4 is 5.32 Å². The first-order valence-electron chi connectivity index (χ1n) is 7.01. The Morgan fingerprint density at radius 1 is 0.962 bits per heavy atom. The molecule has 0 atom stereocenters. The zero-order valence-electron chi connectivity index (χ0n) is 12.6. The van der Waals surface area contributed by atoms with Crippen molar-refractivity contribution in [2.24, 2.45) is 0 Å². The van der Waals surface area contributed by atoms with Crippen LogP contribution >= 0.6 is 0 Å². The molecule has 3 aromatic rings. The van der Waals surface area contributed by atoms with E-state index in [1.807, 2.05) is 0 Å². The molecular formula is C16H8F5N3O2. The quantitative estimate of drug-likeness (QED) is 0.700. The number of halogens is 5. The molecule has 3 rings (SSSR count). The smallest absolute Gasteiger partial charge is 0.403 e.